The number of nitrogens with one attached hydrogen (secondary N) is 1. The molecule has 0 aliphatic rings. The van der Waals surface area contributed by atoms with Gasteiger partial charge in [0.15, 0.2) is 11.5 Å². The molecule has 1 aromatic heterocycles. The van der Waals surface area contributed by atoms with Crippen molar-refractivity contribution in [3.8, 4) is 11.5 Å². The molecule has 0 saturated carbocycles. The fourth-order valence-corrected chi connectivity index (χ4v) is 3.46. The molecule has 3 rings (SSSR count). The number of thioether (sulfide) groups is 1. The lowest BCUT2D eigenvalue weighted by molar-refractivity contribution is 0.355. The zero-order chi connectivity index (χ0) is 20.8. The van der Waals surface area contributed by atoms with Crippen LogP contribution in [0.1, 0.15) is 23.6 Å². The molecule has 0 unspecified atom stereocenters. The van der Waals surface area contributed by atoms with Crippen molar-refractivity contribution in [3.05, 3.63) is 59.2 Å². The van der Waals surface area contributed by atoms with Gasteiger partial charge < -0.3 is 15.3 Å². The summed E-state index contributed by atoms with van der Waals surface area (Å²) in [5.74, 6) is 8.52. The molecule has 0 aliphatic carbocycles. The van der Waals surface area contributed by atoms with E-state index >= 15 is 0 Å². The number of rotatable bonds is 8. The number of hydrogen-bond acceptors (Lipinski definition) is 8. The number of hydrogen-bond donors (Lipinski definition) is 2. The third-order valence-corrected chi connectivity index (χ3v) is 5.25. The largest absolute Gasteiger partial charge is 0.493 e. The zero-order valence-electron chi connectivity index (χ0n) is 16.8. The van der Waals surface area contributed by atoms with E-state index in [1.165, 1.54) is 27.6 Å². The Morgan fingerprint density at radius 3 is 2.66 bits per heavy atom. The van der Waals surface area contributed by atoms with Gasteiger partial charge in [0, 0.05) is 11.3 Å². The lowest BCUT2D eigenvalue weighted by Gasteiger charge is -2.09. The van der Waals surface area contributed by atoms with Crippen LogP contribution in [0.2, 0.25) is 0 Å². The first kappa shape index (κ1) is 20.5. The zero-order valence-corrected chi connectivity index (χ0v) is 17.7. The highest BCUT2D eigenvalue weighted by Crippen LogP contribution is 2.28. The van der Waals surface area contributed by atoms with Gasteiger partial charge in [-0.3, -0.25) is 0 Å². The first-order valence-corrected chi connectivity index (χ1v) is 9.92. The second kappa shape index (κ2) is 9.33. The minimum absolute atomic E-state index is 0.358. The smallest absolute Gasteiger partial charge is 0.264 e. The topological polar surface area (TPSA) is 99.6 Å². The van der Waals surface area contributed by atoms with Gasteiger partial charge in [0.2, 0.25) is 5.16 Å². The van der Waals surface area contributed by atoms with Crippen LogP contribution in [-0.2, 0) is 5.75 Å². The number of methoxy groups -OCH3 is 2. The van der Waals surface area contributed by atoms with E-state index in [9.17, 15) is 0 Å². The molecule has 29 heavy (non-hydrogen) atoms. The van der Waals surface area contributed by atoms with Crippen molar-refractivity contribution in [1.29, 1.82) is 0 Å². The van der Waals surface area contributed by atoms with Crippen LogP contribution in [0.4, 0.5) is 5.95 Å². The predicted octanol–water partition coefficient (Wildman–Crippen LogP) is 3.45. The maximum Gasteiger partial charge on any atom is 0.264 e. The molecule has 0 spiro atoms. The van der Waals surface area contributed by atoms with Crippen molar-refractivity contribution in [2.24, 2.45) is 5.10 Å². The van der Waals surface area contributed by atoms with E-state index < -0.39 is 0 Å². The molecule has 0 atom stereocenters. The normalized spacial score (nSPS) is 11.4. The second-order valence-corrected chi connectivity index (χ2v) is 7.28. The molecule has 9 heteroatoms. The van der Waals surface area contributed by atoms with E-state index in [-0.39, 0.29) is 0 Å². The molecule has 0 amide bonds. The average Bonchev–Trinajstić information content (AvgIpc) is 3.09. The number of nitrogens with two attached hydrogens (primary N) is 1. The van der Waals surface area contributed by atoms with Crippen molar-refractivity contribution < 1.29 is 9.47 Å². The Hall–Kier alpha value is -3.20. The Bertz CT molecular complexity index is 1020. The first-order valence-electron chi connectivity index (χ1n) is 8.93. The fourth-order valence-electron chi connectivity index (χ4n) is 2.66. The molecule has 0 fully saturated rings. The summed E-state index contributed by atoms with van der Waals surface area (Å²) in [5.41, 5.74) is 6.92. The van der Waals surface area contributed by atoms with Crippen molar-refractivity contribution >= 4 is 23.4 Å². The molecule has 0 bridgehead atoms. The summed E-state index contributed by atoms with van der Waals surface area (Å²) >= 11 is 1.51. The molecule has 2 aromatic carbocycles. The van der Waals surface area contributed by atoms with Crippen LogP contribution in [0.3, 0.4) is 0 Å². The van der Waals surface area contributed by atoms with Crippen LogP contribution in [0.25, 0.3) is 0 Å². The Morgan fingerprint density at radius 2 is 1.93 bits per heavy atom. The SMILES string of the molecule is COc1ccc(/C(C)=N/Nc2nnc(SCc3cccc(C)c3)n2N)cc1OC. The van der Waals surface area contributed by atoms with E-state index in [0.717, 1.165) is 17.0 Å². The van der Waals surface area contributed by atoms with Gasteiger partial charge in [0.1, 0.15) is 0 Å². The van der Waals surface area contributed by atoms with Crippen LogP contribution in [-0.4, -0.2) is 34.8 Å². The van der Waals surface area contributed by atoms with Crippen LogP contribution < -0.4 is 20.7 Å². The van der Waals surface area contributed by atoms with E-state index in [4.69, 9.17) is 15.3 Å². The van der Waals surface area contributed by atoms with Gasteiger partial charge in [-0.05, 0) is 37.6 Å². The summed E-state index contributed by atoms with van der Waals surface area (Å²) in [7, 11) is 3.20. The lowest BCUT2D eigenvalue weighted by atomic mass is 10.1. The van der Waals surface area contributed by atoms with Crippen molar-refractivity contribution in [1.82, 2.24) is 14.9 Å². The number of nitrogens with zero attached hydrogens (tertiary/aromatic N) is 4. The Morgan fingerprint density at radius 1 is 1.14 bits per heavy atom. The number of nitrogen functional groups attached to an aromatic ring is 1. The molecular weight excluding hydrogens is 388 g/mol. The summed E-state index contributed by atoms with van der Waals surface area (Å²) in [5, 5.41) is 13.2. The number of aromatic nitrogens is 3. The summed E-state index contributed by atoms with van der Waals surface area (Å²) < 4.78 is 12.0. The van der Waals surface area contributed by atoms with Gasteiger partial charge in [0.25, 0.3) is 5.95 Å². The molecule has 0 saturated heterocycles. The van der Waals surface area contributed by atoms with Crippen molar-refractivity contribution in [2.45, 2.75) is 24.8 Å². The second-order valence-electron chi connectivity index (χ2n) is 6.33. The quantitative estimate of drug-likeness (QED) is 0.253. The van der Waals surface area contributed by atoms with E-state index in [0.29, 0.717) is 22.6 Å². The van der Waals surface area contributed by atoms with Crippen LogP contribution in [0.5, 0.6) is 11.5 Å². The highest BCUT2D eigenvalue weighted by molar-refractivity contribution is 7.98. The van der Waals surface area contributed by atoms with Gasteiger partial charge in [-0.25, -0.2) is 10.1 Å². The Balaban J connectivity index is 1.67. The molecule has 0 aliphatic heterocycles. The van der Waals surface area contributed by atoms with Gasteiger partial charge in [-0.1, -0.05) is 41.6 Å². The third-order valence-electron chi connectivity index (χ3n) is 4.24. The van der Waals surface area contributed by atoms with Crippen LogP contribution in [0, 0.1) is 6.92 Å². The molecule has 3 N–H and O–H groups in total. The maximum absolute atomic E-state index is 6.11. The van der Waals surface area contributed by atoms with E-state index in [2.05, 4.69) is 45.8 Å². The predicted molar refractivity (Wildman–Crippen MR) is 116 cm³/mol. The number of aryl methyl sites for hydroxylation is 1. The third kappa shape index (κ3) is 5.00. The average molecular weight is 413 g/mol. The Kier molecular flexibility index (Phi) is 6.61. The Labute approximate surface area is 174 Å². The van der Waals surface area contributed by atoms with Crippen LogP contribution >= 0.6 is 11.8 Å². The molecular formula is C20H24N6O2S. The summed E-state index contributed by atoms with van der Waals surface area (Å²) in [4.78, 5) is 0. The first-order chi connectivity index (χ1) is 14.0. The van der Waals surface area contributed by atoms with E-state index in [1.54, 1.807) is 14.2 Å². The van der Waals surface area contributed by atoms with Gasteiger partial charge in [0.05, 0.1) is 19.9 Å². The highest BCUT2D eigenvalue weighted by Gasteiger charge is 2.11. The molecule has 1 heterocycles. The van der Waals surface area contributed by atoms with E-state index in [1.807, 2.05) is 31.2 Å². The maximum atomic E-state index is 6.11. The van der Waals surface area contributed by atoms with Crippen molar-refractivity contribution in [2.75, 3.05) is 25.5 Å². The molecule has 8 nitrogen and oxygen atoms in total. The number of hydrazone groups is 1. The van der Waals surface area contributed by atoms with Crippen molar-refractivity contribution in [3.63, 3.8) is 0 Å². The van der Waals surface area contributed by atoms with Crippen LogP contribution in [0.15, 0.2) is 52.7 Å². The highest BCUT2D eigenvalue weighted by atomic mass is 32.2. The standard InChI is InChI=1S/C20H24N6O2S/c1-13-6-5-7-15(10-13)12-29-20-25-24-19(26(20)21)23-22-14(2)16-8-9-17(27-3)18(11-16)28-4/h5-11H,12,21H2,1-4H3,(H,23,24)/b22-14+. The molecule has 3 aromatic rings. The number of benzene rings is 2. The fraction of sp³-hybridized carbons (Fsp3) is 0.250. The van der Waals surface area contributed by atoms with Gasteiger partial charge >= 0.3 is 0 Å². The summed E-state index contributed by atoms with van der Waals surface area (Å²) in [6.07, 6.45) is 0. The molecule has 0 radical (unpaired) electrons. The summed E-state index contributed by atoms with van der Waals surface area (Å²) in [6.45, 7) is 3.94. The minimum atomic E-state index is 0.358. The van der Waals surface area contributed by atoms with Gasteiger partial charge in [-0.2, -0.15) is 5.10 Å². The lowest BCUT2D eigenvalue weighted by Crippen LogP contribution is -2.14. The molecule has 152 valence electrons. The summed E-state index contributed by atoms with van der Waals surface area (Å²) in [6, 6.07) is 13.9. The van der Waals surface area contributed by atoms with Gasteiger partial charge in [-0.15, -0.1) is 10.2 Å². The monoisotopic (exact) mass is 412 g/mol. The number of anilines is 1. The minimum Gasteiger partial charge on any atom is -0.493 e. The number of ether oxygens (including phenoxy) is 2.